The molecule has 11 heteroatoms. The van der Waals surface area contributed by atoms with E-state index in [4.69, 9.17) is 9.47 Å². The molecule has 2 rings (SSSR count). The van der Waals surface area contributed by atoms with Gasteiger partial charge in [0.1, 0.15) is 6.61 Å². The predicted molar refractivity (Wildman–Crippen MR) is 178 cm³/mol. The summed E-state index contributed by atoms with van der Waals surface area (Å²) in [6.07, 6.45) is 1.21. The zero-order valence-electron chi connectivity index (χ0n) is 26.4. The van der Waals surface area contributed by atoms with E-state index >= 15 is 0 Å². The fraction of sp³-hybridized carbons (Fsp3) is 0.714. The van der Waals surface area contributed by atoms with Crippen molar-refractivity contribution in [2.24, 2.45) is 0 Å². The highest BCUT2D eigenvalue weighted by atomic mass is 32.4. The Kier molecular flexibility index (Phi) is 12.1. The van der Waals surface area contributed by atoms with Gasteiger partial charge in [0.2, 0.25) is 0 Å². The van der Waals surface area contributed by atoms with Crippen molar-refractivity contribution < 1.29 is 19.1 Å². The predicted octanol–water partition coefficient (Wildman–Crippen LogP) is 7.56. The van der Waals surface area contributed by atoms with Gasteiger partial charge in [-0.25, -0.2) is 9.59 Å². The van der Waals surface area contributed by atoms with Gasteiger partial charge in [-0.15, -0.1) is 0 Å². The molecule has 1 saturated heterocycles. The van der Waals surface area contributed by atoms with Crippen LogP contribution in [0, 0.1) is 0 Å². The van der Waals surface area contributed by atoms with Crippen LogP contribution in [-0.4, -0.2) is 88.1 Å². The van der Waals surface area contributed by atoms with Crippen LogP contribution < -0.4 is 0 Å². The molecule has 1 aromatic rings. The number of ether oxygens (including phenoxy) is 2. The lowest BCUT2D eigenvalue weighted by Crippen LogP contribution is -2.81. The summed E-state index contributed by atoms with van der Waals surface area (Å²) >= 11 is 2.30. The lowest BCUT2D eigenvalue weighted by Gasteiger charge is -2.56. The van der Waals surface area contributed by atoms with Crippen molar-refractivity contribution in [3.8, 4) is 0 Å². The summed E-state index contributed by atoms with van der Waals surface area (Å²) in [6, 6.07) is 9.56. The second-order valence-electron chi connectivity index (χ2n) is 13.9. The van der Waals surface area contributed by atoms with Gasteiger partial charge in [-0.3, -0.25) is 0 Å². The second kappa shape index (κ2) is 13.8. The van der Waals surface area contributed by atoms with Crippen LogP contribution >= 0.6 is 11.2 Å². The Morgan fingerprint density at radius 2 is 1.54 bits per heavy atom. The van der Waals surface area contributed by atoms with E-state index < -0.39 is 28.6 Å². The fourth-order valence-electron chi connectivity index (χ4n) is 7.52. The molecule has 2 amide bonds. The first-order valence-electron chi connectivity index (χ1n) is 14.5. The molecule has 39 heavy (non-hydrogen) atoms. The molecule has 0 bridgehead atoms. The van der Waals surface area contributed by atoms with Crippen molar-refractivity contribution in [3.63, 3.8) is 0 Å². The van der Waals surface area contributed by atoms with Crippen LogP contribution in [0.1, 0.15) is 32.3 Å². The Labute approximate surface area is 245 Å². The Morgan fingerprint density at radius 1 is 0.974 bits per heavy atom. The molecule has 0 spiro atoms. The topological polar surface area (TPSA) is 59.1 Å². The molecule has 0 radical (unpaired) electrons. The average Bonchev–Trinajstić information content (AvgIpc) is 3.30. The largest absolute Gasteiger partial charge is 0.450 e. The van der Waals surface area contributed by atoms with E-state index in [1.165, 1.54) is 0 Å². The number of amides is 2. The number of hydrogen-bond donors (Lipinski definition) is 0. The lowest BCUT2D eigenvalue weighted by atomic mass is 10.1. The number of carbonyl (C=O) groups excluding carboxylic acids is 2. The molecule has 222 valence electrons. The van der Waals surface area contributed by atoms with Gasteiger partial charge in [0.25, 0.3) is 0 Å². The van der Waals surface area contributed by atoms with Gasteiger partial charge in [0.15, 0.2) is 0 Å². The minimum atomic E-state index is -1.59. The van der Waals surface area contributed by atoms with Gasteiger partial charge in [-0.05, 0) is 32.3 Å². The van der Waals surface area contributed by atoms with Crippen molar-refractivity contribution in [2.75, 3.05) is 25.4 Å². The molecule has 1 aromatic carbocycles. The van der Waals surface area contributed by atoms with Crippen LogP contribution in [0.2, 0.25) is 58.9 Å². The van der Waals surface area contributed by atoms with E-state index in [9.17, 15) is 9.59 Å². The number of hydrogen-bond acceptors (Lipinski definition) is 5. The maximum absolute atomic E-state index is 13.3. The van der Waals surface area contributed by atoms with Crippen LogP contribution in [0.3, 0.4) is 0 Å². The molecule has 2 atom stereocenters. The molecule has 0 saturated carbocycles. The first kappa shape index (κ1) is 34.2. The molecule has 1 aliphatic rings. The minimum Gasteiger partial charge on any atom is -0.450 e. The third-order valence-corrected chi connectivity index (χ3v) is 97.1. The Balaban J connectivity index is 2.22. The van der Waals surface area contributed by atoms with Gasteiger partial charge in [0.05, 0.1) is 24.5 Å². The quantitative estimate of drug-likeness (QED) is 0.224. The molecule has 0 N–H and O–H groups in total. The van der Waals surface area contributed by atoms with E-state index in [2.05, 4.69) is 77.1 Å². The van der Waals surface area contributed by atoms with Crippen molar-refractivity contribution >= 4 is 51.9 Å². The third-order valence-electron chi connectivity index (χ3n) is 8.11. The van der Waals surface area contributed by atoms with Crippen LogP contribution in [-0.2, 0) is 16.1 Å². The lowest BCUT2D eigenvalue weighted by molar-refractivity contribution is 0.0570. The van der Waals surface area contributed by atoms with E-state index in [-0.39, 0.29) is 30.9 Å². The van der Waals surface area contributed by atoms with E-state index in [0.717, 1.165) is 24.2 Å². The van der Waals surface area contributed by atoms with Crippen LogP contribution in [0.4, 0.5) is 9.59 Å². The first-order chi connectivity index (χ1) is 18.0. The maximum Gasteiger partial charge on any atom is 0.410 e. The van der Waals surface area contributed by atoms with E-state index in [1.807, 2.05) is 47.1 Å². The molecule has 1 aliphatic heterocycles. The SMILES string of the molecule is CCOC(=O)N(CCS[Si]([Si](C)(C)C)([Si](C)(C)C)[Si](C)(C)C)[C@H](C)[C@H]1CCCN1C(=O)OCc1ccccc1. The highest BCUT2D eigenvalue weighted by Gasteiger charge is 2.62. The van der Waals surface area contributed by atoms with Crippen LogP contribution in [0.5, 0.6) is 0 Å². The Bertz CT molecular complexity index is 912. The molecule has 1 fully saturated rings. The minimum absolute atomic E-state index is 0.0735. The molecule has 0 aliphatic carbocycles. The third kappa shape index (κ3) is 8.05. The molecule has 1 heterocycles. The normalized spacial score (nSPS) is 17.6. The summed E-state index contributed by atoms with van der Waals surface area (Å²) in [6.45, 7) is 29.3. The van der Waals surface area contributed by atoms with E-state index in [1.54, 1.807) is 0 Å². The standard InChI is InChI=1S/C28H54N2O4SSi4/c1-12-33-27(31)29(21-22-35-39(36(3,4)5,37(6,7)8)38(9,10)11)24(2)26-19-16-20-30(26)28(32)34-23-25-17-14-13-15-18-25/h13-15,17-18,24,26H,12,16,19-23H2,1-11H3/t24-,26-/m1/s1. The number of carbonyl (C=O) groups is 2. The highest BCUT2D eigenvalue weighted by Crippen LogP contribution is 2.44. The maximum atomic E-state index is 13.3. The van der Waals surface area contributed by atoms with Crippen LogP contribution in [0.25, 0.3) is 0 Å². The van der Waals surface area contributed by atoms with Gasteiger partial charge in [-0.2, -0.15) is 11.2 Å². The molecular formula is C28H54N2O4SSi4. The number of rotatable bonds is 12. The monoisotopic (exact) mass is 626 g/mol. The van der Waals surface area contributed by atoms with Crippen molar-refractivity contribution in [1.82, 2.24) is 9.80 Å². The summed E-state index contributed by atoms with van der Waals surface area (Å²) in [4.78, 5) is 30.1. The van der Waals surface area contributed by atoms with Crippen molar-refractivity contribution in [1.29, 1.82) is 0 Å². The summed E-state index contributed by atoms with van der Waals surface area (Å²) in [7, 11) is -4.25. The summed E-state index contributed by atoms with van der Waals surface area (Å²) in [5.41, 5.74) is 0.972. The fourth-order valence-corrected chi connectivity index (χ4v) is 117. The molecule has 0 aromatic heterocycles. The van der Waals surface area contributed by atoms with Crippen LogP contribution in [0.15, 0.2) is 30.3 Å². The van der Waals surface area contributed by atoms with Gasteiger partial charge < -0.3 is 19.3 Å². The smallest absolute Gasteiger partial charge is 0.410 e. The first-order valence-corrected chi connectivity index (χ1v) is 31.7. The molecular weight excluding hydrogens is 573 g/mol. The Hall–Kier alpha value is -1.02. The number of benzene rings is 1. The zero-order valence-corrected chi connectivity index (χ0v) is 31.2. The molecule has 6 nitrogen and oxygen atoms in total. The van der Waals surface area contributed by atoms with Gasteiger partial charge in [0, 0.05) is 41.6 Å². The van der Waals surface area contributed by atoms with Gasteiger partial charge >= 0.3 is 12.2 Å². The number of likely N-dealkylation sites (tertiary alicyclic amines) is 1. The average molecular weight is 627 g/mol. The highest BCUT2D eigenvalue weighted by molar-refractivity contribution is 8.50. The summed E-state index contributed by atoms with van der Waals surface area (Å²) in [5.74, 6) is -0.647. The van der Waals surface area contributed by atoms with Gasteiger partial charge in [-0.1, -0.05) is 89.3 Å². The van der Waals surface area contributed by atoms with Crippen molar-refractivity contribution in [3.05, 3.63) is 35.9 Å². The van der Waals surface area contributed by atoms with E-state index in [0.29, 0.717) is 19.7 Å². The molecule has 0 unspecified atom stereocenters. The summed E-state index contributed by atoms with van der Waals surface area (Å²) in [5, 5.41) is 0. The van der Waals surface area contributed by atoms with Crippen molar-refractivity contribution in [2.45, 2.75) is 104 Å². The zero-order chi connectivity index (χ0) is 29.6. The summed E-state index contributed by atoms with van der Waals surface area (Å²) < 4.78 is 11.2. The Morgan fingerprint density at radius 3 is 2.05 bits per heavy atom. The second-order valence-corrected chi connectivity index (χ2v) is 60.1. The number of nitrogens with zero attached hydrogens (tertiary/aromatic N) is 2.